The Bertz CT molecular complexity index is 466. The summed E-state index contributed by atoms with van der Waals surface area (Å²) in [6, 6.07) is 0. The number of nitrogens with one attached hydrogen (secondary N) is 1. The SMILES string of the molecule is CC(C)(c1nccs1)n1[nH]nnc1=S. The number of thiazole rings is 1. The lowest BCUT2D eigenvalue weighted by Gasteiger charge is -2.21. The number of tetrazole rings is 1. The molecular weight excluding hydrogens is 218 g/mol. The molecule has 0 amide bonds. The average Bonchev–Trinajstić information content (AvgIpc) is 2.72. The average molecular weight is 227 g/mol. The van der Waals surface area contributed by atoms with Crippen LogP contribution in [-0.2, 0) is 5.54 Å². The lowest BCUT2D eigenvalue weighted by atomic mass is 10.1. The van der Waals surface area contributed by atoms with Gasteiger partial charge in [-0.2, -0.15) is 5.21 Å². The van der Waals surface area contributed by atoms with Gasteiger partial charge in [0.25, 0.3) is 0 Å². The molecule has 0 aromatic carbocycles. The molecule has 2 heterocycles. The molecule has 0 aliphatic heterocycles. The molecule has 2 rings (SSSR count). The number of H-pyrrole nitrogens is 1. The van der Waals surface area contributed by atoms with E-state index in [-0.39, 0.29) is 5.54 Å². The van der Waals surface area contributed by atoms with Gasteiger partial charge < -0.3 is 0 Å². The predicted molar refractivity (Wildman–Crippen MR) is 55.7 cm³/mol. The third-order valence-electron chi connectivity index (χ3n) is 1.99. The zero-order valence-electron chi connectivity index (χ0n) is 7.76. The highest BCUT2D eigenvalue weighted by atomic mass is 32.1. The molecule has 0 aliphatic carbocycles. The lowest BCUT2D eigenvalue weighted by Crippen LogP contribution is -2.29. The van der Waals surface area contributed by atoms with E-state index >= 15 is 0 Å². The quantitative estimate of drug-likeness (QED) is 0.791. The molecule has 5 nitrogen and oxygen atoms in total. The van der Waals surface area contributed by atoms with Crippen molar-refractivity contribution >= 4 is 23.6 Å². The second-order valence-corrected chi connectivity index (χ2v) is 4.57. The van der Waals surface area contributed by atoms with Gasteiger partial charge in [0.2, 0.25) is 4.77 Å². The molecule has 2 aromatic rings. The summed E-state index contributed by atoms with van der Waals surface area (Å²) in [4.78, 5) is 4.26. The topological polar surface area (TPSA) is 59.4 Å². The van der Waals surface area contributed by atoms with Gasteiger partial charge in [-0.3, -0.25) is 0 Å². The van der Waals surface area contributed by atoms with Gasteiger partial charge in [-0.1, -0.05) is 10.3 Å². The van der Waals surface area contributed by atoms with Gasteiger partial charge in [-0.15, -0.1) is 11.3 Å². The van der Waals surface area contributed by atoms with Gasteiger partial charge in [0, 0.05) is 11.6 Å². The van der Waals surface area contributed by atoms with E-state index in [1.807, 2.05) is 19.2 Å². The molecule has 1 N–H and O–H groups in total. The first-order valence-electron chi connectivity index (χ1n) is 4.03. The summed E-state index contributed by atoms with van der Waals surface area (Å²) in [5.74, 6) is 0. The Balaban J connectivity index is 2.53. The van der Waals surface area contributed by atoms with E-state index in [0.29, 0.717) is 4.77 Å². The van der Waals surface area contributed by atoms with Gasteiger partial charge in [0.15, 0.2) is 0 Å². The highest BCUT2D eigenvalue weighted by Gasteiger charge is 2.27. The van der Waals surface area contributed by atoms with E-state index in [1.54, 1.807) is 22.2 Å². The zero-order valence-corrected chi connectivity index (χ0v) is 9.39. The third-order valence-corrected chi connectivity index (χ3v) is 3.34. The lowest BCUT2D eigenvalue weighted by molar-refractivity contribution is 0.374. The fourth-order valence-corrected chi connectivity index (χ4v) is 2.24. The van der Waals surface area contributed by atoms with Crippen molar-refractivity contribution in [2.75, 3.05) is 0 Å². The van der Waals surface area contributed by atoms with Gasteiger partial charge in [-0.05, 0) is 26.1 Å². The number of aromatic nitrogens is 5. The number of rotatable bonds is 2. The summed E-state index contributed by atoms with van der Waals surface area (Å²) in [7, 11) is 0. The molecular formula is C7H9N5S2. The predicted octanol–water partition coefficient (Wildman–Crippen LogP) is 1.58. The number of nitrogens with zero attached hydrogens (tertiary/aromatic N) is 4. The van der Waals surface area contributed by atoms with Gasteiger partial charge >= 0.3 is 0 Å². The standard InChI is InChI=1S/C7H9N5S2/c1-7(2,5-8-3-4-14-5)12-6(13)9-10-11-12/h3-4H,1-2H3,(H,9,11,13). The number of aromatic amines is 1. The second-order valence-electron chi connectivity index (χ2n) is 3.31. The van der Waals surface area contributed by atoms with Gasteiger partial charge in [0.05, 0.1) is 0 Å². The molecule has 74 valence electrons. The normalized spacial score (nSPS) is 11.9. The third kappa shape index (κ3) is 1.38. The first-order valence-corrected chi connectivity index (χ1v) is 5.32. The van der Waals surface area contributed by atoms with Crippen molar-refractivity contribution in [3.63, 3.8) is 0 Å². The molecule has 0 atom stereocenters. The molecule has 0 bridgehead atoms. The van der Waals surface area contributed by atoms with Gasteiger partial charge in [-0.25, -0.2) is 9.67 Å². The highest BCUT2D eigenvalue weighted by Crippen LogP contribution is 2.25. The van der Waals surface area contributed by atoms with Gasteiger partial charge in [0.1, 0.15) is 10.5 Å². The van der Waals surface area contributed by atoms with Crippen LogP contribution in [0.3, 0.4) is 0 Å². The maximum atomic E-state index is 5.04. The van der Waals surface area contributed by atoms with Crippen LogP contribution in [0.5, 0.6) is 0 Å². The first kappa shape index (κ1) is 9.47. The van der Waals surface area contributed by atoms with Crippen molar-refractivity contribution < 1.29 is 0 Å². The van der Waals surface area contributed by atoms with Crippen molar-refractivity contribution in [1.82, 2.24) is 25.2 Å². The van der Waals surface area contributed by atoms with Crippen LogP contribution in [0.4, 0.5) is 0 Å². The van der Waals surface area contributed by atoms with Crippen LogP contribution in [0.15, 0.2) is 11.6 Å². The Hall–Kier alpha value is -1.08. The van der Waals surface area contributed by atoms with Crippen LogP contribution in [0, 0.1) is 4.77 Å². The molecule has 0 saturated carbocycles. The molecule has 0 saturated heterocycles. The summed E-state index contributed by atoms with van der Waals surface area (Å²) in [6.07, 6.45) is 1.77. The molecule has 7 heteroatoms. The molecule has 2 aromatic heterocycles. The van der Waals surface area contributed by atoms with Crippen molar-refractivity contribution in [2.45, 2.75) is 19.4 Å². The Morgan fingerprint density at radius 1 is 1.57 bits per heavy atom. The summed E-state index contributed by atoms with van der Waals surface area (Å²) in [6.45, 7) is 4.03. The van der Waals surface area contributed by atoms with E-state index in [0.717, 1.165) is 5.01 Å². The van der Waals surface area contributed by atoms with Crippen LogP contribution in [0.2, 0.25) is 0 Å². The van der Waals surface area contributed by atoms with Crippen LogP contribution in [0.1, 0.15) is 18.9 Å². The minimum atomic E-state index is -0.325. The van der Waals surface area contributed by atoms with E-state index < -0.39 is 0 Å². The summed E-state index contributed by atoms with van der Waals surface area (Å²) in [5, 5.41) is 13.1. The molecule has 0 aliphatic rings. The van der Waals surface area contributed by atoms with E-state index in [1.165, 1.54) is 0 Å². The smallest absolute Gasteiger partial charge is 0.239 e. The fourth-order valence-electron chi connectivity index (χ4n) is 1.18. The van der Waals surface area contributed by atoms with E-state index in [9.17, 15) is 0 Å². The molecule has 0 unspecified atom stereocenters. The Labute approximate surface area is 89.8 Å². The Morgan fingerprint density at radius 3 is 2.86 bits per heavy atom. The fraction of sp³-hybridized carbons (Fsp3) is 0.429. The van der Waals surface area contributed by atoms with Crippen molar-refractivity contribution in [3.05, 3.63) is 21.4 Å². The van der Waals surface area contributed by atoms with Crippen LogP contribution < -0.4 is 0 Å². The van der Waals surface area contributed by atoms with Crippen molar-refractivity contribution in [1.29, 1.82) is 0 Å². The summed E-state index contributed by atoms with van der Waals surface area (Å²) < 4.78 is 2.16. The maximum absolute atomic E-state index is 5.04. The minimum Gasteiger partial charge on any atom is -0.247 e. The van der Waals surface area contributed by atoms with Crippen LogP contribution in [-0.4, -0.2) is 25.2 Å². The summed E-state index contributed by atoms with van der Waals surface area (Å²) >= 11 is 6.63. The molecule has 0 radical (unpaired) electrons. The molecule has 0 spiro atoms. The van der Waals surface area contributed by atoms with Crippen LogP contribution in [0.25, 0.3) is 0 Å². The number of hydrogen-bond donors (Lipinski definition) is 1. The molecule has 0 fully saturated rings. The largest absolute Gasteiger partial charge is 0.247 e. The molecule has 14 heavy (non-hydrogen) atoms. The van der Waals surface area contributed by atoms with Crippen LogP contribution >= 0.6 is 23.6 Å². The van der Waals surface area contributed by atoms with Crippen molar-refractivity contribution in [2.24, 2.45) is 0 Å². The van der Waals surface area contributed by atoms with E-state index in [2.05, 4.69) is 20.5 Å². The van der Waals surface area contributed by atoms with E-state index in [4.69, 9.17) is 12.2 Å². The van der Waals surface area contributed by atoms with Crippen molar-refractivity contribution in [3.8, 4) is 0 Å². The number of hydrogen-bond acceptors (Lipinski definition) is 5. The summed E-state index contributed by atoms with van der Waals surface area (Å²) in [5.41, 5.74) is -0.325. The zero-order chi connectivity index (χ0) is 10.2. The Kier molecular flexibility index (Phi) is 2.20. The maximum Gasteiger partial charge on any atom is 0.239 e. The monoisotopic (exact) mass is 227 g/mol. The second kappa shape index (κ2) is 3.25. The highest BCUT2D eigenvalue weighted by molar-refractivity contribution is 7.71. The Morgan fingerprint density at radius 2 is 2.36 bits per heavy atom. The minimum absolute atomic E-state index is 0.325. The first-order chi connectivity index (χ1) is 6.62.